The predicted molar refractivity (Wildman–Crippen MR) is 91.1 cm³/mol. The van der Waals surface area contributed by atoms with Crippen LogP contribution in [0.15, 0.2) is 42.5 Å². The van der Waals surface area contributed by atoms with Crippen LogP contribution in [0.25, 0.3) is 0 Å². The van der Waals surface area contributed by atoms with E-state index in [9.17, 15) is 24.1 Å². The average molecular weight is 444 g/mol. The Kier molecular flexibility index (Phi) is 5.79. The number of hydrogen-bond donors (Lipinski definition) is 1. The summed E-state index contributed by atoms with van der Waals surface area (Å²) in [5.74, 6) is -2.38. The first-order valence-electron chi connectivity index (χ1n) is 6.53. The first kappa shape index (κ1) is 17.8. The molecule has 0 spiro atoms. The van der Waals surface area contributed by atoms with Gasteiger partial charge in [0.2, 0.25) is 5.82 Å². The van der Waals surface area contributed by atoms with Crippen LogP contribution in [0.3, 0.4) is 0 Å². The third kappa shape index (κ3) is 4.72. The molecule has 24 heavy (non-hydrogen) atoms. The molecule has 0 bridgehead atoms. The van der Waals surface area contributed by atoms with Gasteiger partial charge in [0.1, 0.15) is 0 Å². The molecular weight excluding hydrogens is 434 g/mol. The lowest BCUT2D eigenvalue weighted by molar-refractivity contribution is -0.387. The fourth-order valence-corrected chi connectivity index (χ4v) is 2.30. The van der Waals surface area contributed by atoms with Gasteiger partial charge in [0.05, 0.1) is 10.5 Å². The monoisotopic (exact) mass is 444 g/mol. The van der Waals surface area contributed by atoms with Crippen molar-refractivity contribution in [1.82, 2.24) is 0 Å². The van der Waals surface area contributed by atoms with Gasteiger partial charge in [-0.1, -0.05) is 6.07 Å². The van der Waals surface area contributed by atoms with Crippen LogP contribution >= 0.6 is 22.6 Å². The molecule has 0 fully saturated rings. The zero-order valence-corrected chi connectivity index (χ0v) is 14.2. The van der Waals surface area contributed by atoms with Crippen LogP contribution in [-0.2, 0) is 9.53 Å². The van der Waals surface area contributed by atoms with Crippen molar-refractivity contribution in [3.8, 4) is 0 Å². The number of halogens is 2. The van der Waals surface area contributed by atoms with Gasteiger partial charge in [-0.05, 0) is 52.9 Å². The number of hydrogen-bond acceptors (Lipinski definition) is 5. The van der Waals surface area contributed by atoms with Gasteiger partial charge < -0.3 is 10.1 Å². The van der Waals surface area contributed by atoms with Crippen molar-refractivity contribution in [1.29, 1.82) is 0 Å². The normalized spacial score (nSPS) is 10.1. The summed E-state index contributed by atoms with van der Waals surface area (Å²) in [5.41, 5.74) is -0.436. The number of anilines is 1. The molecule has 2 aromatic carbocycles. The number of nitrogens with zero attached hydrogens (tertiary/aromatic N) is 1. The first-order valence-corrected chi connectivity index (χ1v) is 7.61. The van der Waals surface area contributed by atoms with E-state index in [1.807, 2.05) is 22.6 Å². The van der Waals surface area contributed by atoms with E-state index in [-0.39, 0.29) is 5.69 Å². The van der Waals surface area contributed by atoms with Gasteiger partial charge in [-0.3, -0.25) is 14.9 Å². The van der Waals surface area contributed by atoms with E-state index in [0.29, 0.717) is 5.56 Å². The Morgan fingerprint density at radius 2 is 2.00 bits per heavy atom. The van der Waals surface area contributed by atoms with Crippen LogP contribution in [-0.4, -0.2) is 23.4 Å². The molecular formula is C15H10FIN2O5. The molecule has 0 unspecified atom stereocenters. The van der Waals surface area contributed by atoms with Crippen molar-refractivity contribution in [2.45, 2.75) is 0 Å². The van der Waals surface area contributed by atoms with Crippen LogP contribution in [0.1, 0.15) is 10.4 Å². The fraction of sp³-hybridized carbons (Fsp3) is 0.0667. The van der Waals surface area contributed by atoms with Gasteiger partial charge in [-0.25, -0.2) is 4.79 Å². The summed E-state index contributed by atoms with van der Waals surface area (Å²) in [6.45, 7) is -0.574. The quantitative estimate of drug-likeness (QED) is 0.331. The van der Waals surface area contributed by atoms with Gasteiger partial charge in [0, 0.05) is 15.3 Å². The Hall–Kier alpha value is -2.56. The number of carbonyl (C=O) groups is 2. The standard InChI is InChI=1S/C15H10FIN2O5/c16-12-5-4-11(7-13(12)19(22)23)18-14(20)8-24-15(21)9-2-1-3-10(17)6-9/h1-7H,8H2,(H,18,20). The van der Waals surface area contributed by atoms with Crippen LogP contribution < -0.4 is 5.32 Å². The number of ether oxygens (including phenoxy) is 1. The highest BCUT2D eigenvalue weighted by Crippen LogP contribution is 2.21. The lowest BCUT2D eigenvalue weighted by Gasteiger charge is -2.07. The first-order chi connectivity index (χ1) is 11.4. The number of rotatable bonds is 5. The highest BCUT2D eigenvalue weighted by atomic mass is 127. The number of nitro benzene ring substituents is 1. The summed E-state index contributed by atoms with van der Waals surface area (Å²) >= 11 is 2.03. The number of nitro groups is 1. The summed E-state index contributed by atoms with van der Waals surface area (Å²) in [7, 11) is 0. The molecule has 2 rings (SSSR count). The number of benzene rings is 2. The molecule has 0 aromatic heterocycles. The topological polar surface area (TPSA) is 98.5 Å². The number of amides is 1. The van der Waals surface area contributed by atoms with Gasteiger partial charge in [0.15, 0.2) is 6.61 Å². The highest BCUT2D eigenvalue weighted by Gasteiger charge is 2.16. The van der Waals surface area contributed by atoms with Crippen LogP contribution in [0.4, 0.5) is 15.8 Å². The molecule has 1 N–H and O–H groups in total. The molecule has 0 atom stereocenters. The molecule has 9 heteroatoms. The van der Waals surface area contributed by atoms with E-state index in [1.165, 1.54) is 6.07 Å². The van der Waals surface area contributed by atoms with Gasteiger partial charge in [0.25, 0.3) is 5.91 Å². The summed E-state index contributed by atoms with van der Waals surface area (Å²) in [6, 6.07) is 9.54. The highest BCUT2D eigenvalue weighted by molar-refractivity contribution is 14.1. The van der Waals surface area contributed by atoms with Crippen molar-refractivity contribution < 1.29 is 23.6 Å². The summed E-state index contributed by atoms with van der Waals surface area (Å²) < 4.78 is 18.9. The summed E-state index contributed by atoms with van der Waals surface area (Å²) in [4.78, 5) is 33.3. The second-order valence-electron chi connectivity index (χ2n) is 4.56. The maximum absolute atomic E-state index is 13.2. The van der Waals surface area contributed by atoms with Crippen LogP contribution in [0.5, 0.6) is 0 Å². The van der Waals surface area contributed by atoms with E-state index < -0.39 is 34.9 Å². The lowest BCUT2D eigenvalue weighted by atomic mass is 10.2. The van der Waals surface area contributed by atoms with E-state index in [4.69, 9.17) is 4.74 Å². The molecule has 0 radical (unpaired) electrons. The summed E-state index contributed by atoms with van der Waals surface area (Å²) in [5, 5.41) is 12.9. The molecule has 124 valence electrons. The van der Waals surface area contributed by atoms with Gasteiger partial charge in [-0.2, -0.15) is 4.39 Å². The minimum Gasteiger partial charge on any atom is -0.452 e. The largest absolute Gasteiger partial charge is 0.452 e. The van der Waals surface area contributed by atoms with E-state index in [0.717, 1.165) is 15.7 Å². The third-order valence-electron chi connectivity index (χ3n) is 2.82. The minimum absolute atomic E-state index is 0.0263. The number of esters is 1. The molecule has 0 saturated carbocycles. The molecule has 0 heterocycles. The van der Waals surface area contributed by atoms with Crippen molar-refractivity contribution in [2.75, 3.05) is 11.9 Å². The Morgan fingerprint density at radius 1 is 1.25 bits per heavy atom. The van der Waals surface area contributed by atoms with E-state index in [2.05, 4.69) is 5.32 Å². The Morgan fingerprint density at radius 3 is 2.67 bits per heavy atom. The zero-order valence-electron chi connectivity index (χ0n) is 12.0. The Bertz CT molecular complexity index is 812. The maximum Gasteiger partial charge on any atom is 0.338 e. The molecule has 0 aliphatic carbocycles. The Balaban J connectivity index is 1.95. The minimum atomic E-state index is -1.01. The maximum atomic E-state index is 13.2. The van der Waals surface area contributed by atoms with E-state index >= 15 is 0 Å². The average Bonchev–Trinajstić information content (AvgIpc) is 2.54. The number of carbonyl (C=O) groups excluding carboxylic acids is 2. The van der Waals surface area contributed by atoms with Crippen molar-refractivity contribution in [2.24, 2.45) is 0 Å². The second-order valence-corrected chi connectivity index (χ2v) is 5.80. The van der Waals surface area contributed by atoms with Crippen LogP contribution in [0, 0.1) is 19.5 Å². The molecule has 0 aliphatic heterocycles. The zero-order chi connectivity index (χ0) is 17.7. The molecule has 1 amide bonds. The van der Waals surface area contributed by atoms with Crippen LogP contribution in [0.2, 0.25) is 0 Å². The molecule has 7 nitrogen and oxygen atoms in total. The fourth-order valence-electron chi connectivity index (χ4n) is 1.76. The van der Waals surface area contributed by atoms with Crippen molar-refractivity contribution in [3.63, 3.8) is 0 Å². The van der Waals surface area contributed by atoms with Crippen molar-refractivity contribution in [3.05, 3.63) is 67.5 Å². The molecule has 0 aliphatic rings. The third-order valence-corrected chi connectivity index (χ3v) is 3.49. The van der Waals surface area contributed by atoms with E-state index in [1.54, 1.807) is 24.3 Å². The second kappa shape index (κ2) is 7.81. The lowest BCUT2D eigenvalue weighted by Crippen LogP contribution is -2.21. The summed E-state index contributed by atoms with van der Waals surface area (Å²) in [6.07, 6.45) is 0. The van der Waals surface area contributed by atoms with Gasteiger partial charge >= 0.3 is 11.7 Å². The Labute approximate surface area is 149 Å². The number of nitrogens with one attached hydrogen (secondary N) is 1. The molecule has 2 aromatic rings. The van der Waals surface area contributed by atoms with Crippen molar-refractivity contribution >= 4 is 45.8 Å². The molecule has 0 saturated heterocycles. The van der Waals surface area contributed by atoms with Gasteiger partial charge in [-0.15, -0.1) is 0 Å². The SMILES string of the molecule is O=C(COC(=O)c1cccc(I)c1)Nc1ccc(F)c([N+](=O)[O-])c1. The smallest absolute Gasteiger partial charge is 0.338 e. The predicted octanol–water partition coefficient (Wildman–Crippen LogP) is 3.13.